The van der Waals surface area contributed by atoms with Crippen LogP contribution in [0.4, 0.5) is 23.8 Å². The number of carbonyl (C=O) groups is 1. The van der Waals surface area contributed by atoms with E-state index in [9.17, 15) is 18.0 Å². The van der Waals surface area contributed by atoms with Gasteiger partial charge in [-0.05, 0) is 24.8 Å². The number of nitrogens with zero attached hydrogens (tertiary/aromatic N) is 7. The molecule has 34 heavy (non-hydrogen) atoms. The molecule has 0 aromatic carbocycles. The molecule has 13 heteroatoms. The number of halogens is 3. The molecule has 0 radical (unpaired) electrons. The molecule has 180 valence electrons. The number of aromatic nitrogens is 6. The molecular weight excluding hydrogens is 453 g/mol. The molecule has 2 aliphatic rings. The van der Waals surface area contributed by atoms with Gasteiger partial charge in [0, 0.05) is 37.7 Å². The summed E-state index contributed by atoms with van der Waals surface area (Å²) in [5, 5.41) is 14.9. The van der Waals surface area contributed by atoms with Gasteiger partial charge < -0.3 is 9.32 Å². The quantitative estimate of drug-likeness (QED) is 0.609. The number of piperidine rings is 1. The highest BCUT2D eigenvalue weighted by Gasteiger charge is 2.62. The van der Waals surface area contributed by atoms with E-state index in [-0.39, 0.29) is 23.2 Å². The Morgan fingerprint density at radius 2 is 2.09 bits per heavy atom. The van der Waals surface area contributed by atoms with Crippen LogP contribution in [0.1, 0.15) is 50.5 Å². The fourth-order valence-electron chi connectivity index (χ4n) is 5.10. The molecule has 2 amide bonds. The summed E-state index contributed by atoms with van der Waals surface area (Å²) in [7, 11) is 1.55. The van der Waals surface area contributed by atoms with E-state index in [4.69, 9.17) is 4.42 Å². The maximum Gasteiger partial charge on any atom is 0.418 e. The number of hydrogen-bond donors (Lipinski definition) is 1. The highest BCUT2D eigenvalue weighted by atomic mass is 19.4. The number of hydrogen-bond acceptors (Lipinski definition) is 7. The summed E-state index contributed by atoms with van der Waals surface area (Å²) in [6, 6.07) is 0.627. The van der Waals surface area contributed by atoms with E-state index in [0.717, 1.165) is 12.5 Å². The first kappa shape index (κ1) is 22.3. The van der Waals surface area contributed by atoms with Crippen molar-refractivity contribution in [1.29, 1.82) is 0 Å². The fraction of sp³-hybridized carbons (Fsp3) is 0.524. The van der Waals surface area contributed by atoms with Crippen LogP contribution in [0, 0.1) is 5.92 Å². The first-order valence-electron chi connectivity index (χ1n) is 11.0. The van der Waals surface area contributed by atoms with Gasteiger partial charge in [0.1, 0.15) is 17.7 Å². The number of urea groups is 1. The average molecular weight is 476 g/mol. The predicted molar refractivity (Wildman–Crippen MR) is 112 cm³/mol. The average Bonchev–Trinajstić information content (AvgIpc) is 3.41. The number of amides is 2. The number of aryl methyl sites for hydroxylation is 2. The normalized spacial score (nSPS) is 24.1. The molecule has 1 saturated heterocycles. The Morgan fingerprint density at radius 3 is 2.74 bits per heavy atom. The second kappa shape index (κ2) is 7.77. The minimum absolute atomic E-state index is 0.0339. The van der Waals surface area contributed by atoms with Gasteiger partial charge in [-0.1, -0.05) is 13.8 Å². The summed E-state index contributed by atoms with van der Waals surface area (Å²) in [5.41, 5.74) is -1.99. The van der Waals surface area contributed by atoms with Gasteiger partial charge in [-0.25, -0.2) is 14.8 Å². The molecule has 0 unspecified atom stereocenters. The molecule has 3 aromatic heterocycles. The van der Waals surface area contributed by atoms with Crippen LogP contribution in [0.25, 0.3) is 11.4 Å². The monoisotopic (exact) mass is 476 g/mol. The zero-order valence-corrected chi connectivity index (χ0v) is 18.8. The van der Waals surface area contributed by atoms with Crippen molar-refractivity contribution in [2.75, 3.05) is 5.32 Å². The summed E-state index contributed by atoms with van der Waals surface area (Å²) in [5.74, 6) is 1.08. The lowest BCUT2D eigenvalue weighted by atomic mass is 9.64. The molecule has 3 aromatic rings. The number of nitrogens with one attached hydrogen (secondary N) is 1. The first-order chi connectivity index (χ1) is 16.1. The zero-order valence-electron chi connectivity index (χ0n) is 18.8. The molecule has 3 atom stereocenters. The number of rotatable bonds is 4. The maximum atomic E-state index is 13.6. The fourth-order valence-corrected chi connectivity index (χ4v) is 5.10. The molecule has 2 bridgehead atoms. The highest BCUT2D eigenvalue weighted by Crippen LogP contribution is 2.55. The van der Waals surface area contributed by atoms with E-state index in [2.05, 4.69) is 37.5 Å². The largest absolute Gasteiger partial charge is 0.423 e. The minimum atomic E-state index is -4.66. The van der Waals surface area contributed by atoms with Crippen LogP contribution in [0.5, 0.6) is 0 Å². The van der Waals surface area contributed by atoms with E-state index in [1.165, 1.54) is 11.0 Å². The lowest BCUT2D eigenvalue weighted by Gasteiger charge is -2.61. The van der Waals surface area contributed by atoms with Crippen LogP contribution in [0.2, 0.25) is 0 Å². The van der Waals surface area contributed by atoms with Gasteiger partial charge in [0.15, 0.2) is 5.82 Å². The summed E-state index contributed by atoms with van der Waals surface area (Å²) in [6.45, 7) is 4.01. The van der Waals surface area contributed by atoms with E-state index in [0.29, 0.717) is 43.2 Å². The van der Waals surface area contributed by atoms with Gasteiger partial charge in [0.2, 0.25) is 11.8 Å². The molecular formula is C21H23F3N8O2. The maximum absolute atomic E-state index is 13.6. The van der Waals surface area contributed by atoms with Gasteiger partial charge in [-0.15, -0.1) is 10.2 Å². The van der Waals surface area contributed by atoms with Crippen LogP contribution < -0.4 is 5.32 Å². The van der Waals surface area contributed by atoms with Gasteiger partial charge >= 0.3 is 12.2 Å². The molecule has 1 aliphatic heterocycles. The Balaban J connectivity index is 1.46. The third kappa shape index (κ3) is 3.59. The van der Waals surface area contributed by atoms with E-state index in [1.807, 2.05) is 6.92 Å². The number of carbonyl (C=O) groups excluding carboxylic acids is 1. The Kier molecular flexibility index (Phi) is 5.10. The Hall–Kier alpha value is -3.51. The molecule has 1 saturated carbocycles. The SMILES string of the molecule is CCc1nnc([C@]23C[C@H](C)C[C@H](C2)N3C(=O)Nc2cc(-c3ncn(C)n3)c(C(F)(F)F)cn2)o1. The lowest BCUT2D eigenvalue weighted by Crippen LogP contribution is -2.70. The lowest BCUT2D eigenvalue weighted by molar-refractivity contribution is -0.137. The third-order valence-corrected chi connectivity index (χ3v) is 6.43. The van der Waals surface area contributed by atoms with Crippen molar-refractivity contribution < 1.29 is 22.4 Å². The molecule has 0 spiro atoms. The van der Waals surface area contributed by atoms with Crippen LogP contribution in [-0.2, 0) is 25.2 Å². The van der Waals surface area contributed by atoms with Gasteiger partial charge in [0.25, 0.3) is 0 Å². The molecule has 1 N–H and O–H groups in total. The molecule has 5 rings (SSSR count). The number of pyridine rings is 1. The van der Waals surface area contributed by atoms with E-state index >= 15 is 0 Å². The number of fused-ring (bicyclic) bond motifs is 2. The van der Waals surface area contributed by atoms with Crippen molar-refractivity contribution in [3.63, 3.8) is 0 Å². The zero-order chi connectivity index (χ0) is 24.3. The summed E-state index contributed by atoms with van der Waals surface area (Å²) in [6.07, 6.45) is 0.0671. The van der Waals surface area contributed by atoms with E-state index < -0.39 is 23.3 Å². The van der Waals surface area contributed by atoms with Crippen LogP contribution in [0.3, 0.4) is 0 Å². The Bertz CT molecular complexity index is 1240. The van der Waals surface area contributed by atoms with Crippen LogP contribution in [-0.4, -0.2) is 46.9 Å². The number of likely N-dealkylation sites (tertiary alicyclic amines) is 1. The molecule has 2 fully saturated rings. The van der Waals surface area contributed by atoms with Crippen LogP contribution >= 0.6 is 0 Å². The van der Waals surface area contributed by atoms with Crippen molar-refractivity contribution in [2.24, 2.45) is 13.0 Å². The molecule has 4 heterocycles. The van der Waals surface area contributed by atoms with Gasteiger partial charge in [0.05, 0.1) is 5.56 Å². The van der Waals surface area contributed by atoms with Crippen molar-refractivity contribution >= 4 is 11.8 Å². The molecule has 1 aliphatic carbocycles. The van der Waals surface area contributed by atoms with E-state index in [1.54, 1.807) is 11.9 Å². The van der Waals surface area contributed by atoms with Gasteiger partial charge in [-0.3, -0.25) is 10.00 Å². The molecule has 10 nitrogen and oxygen atoms in total. The summed E-state index contributed by atoms with van der Waals surface area (Å²) < 4.78 is 47.8. The summed E-state index contributed by atoms with van der Waals surface area (Å²) in [4.78, 5) is 22.8. The summed E-state index contributed by atoms with van der Waals surface area (Å²) >= 11 is 0. The highest BCUT2D eigenvalue weighted by molar-refractivity contribution is 5.90. The predicted octanol–water partition coefficient (Wildman–Crippen LogP) is 3.77. The second-order valence-corrected chi connectivity index (χ2v) is 8.94. The third-order valence-electron chi connectivity index (χ3n) is 6.43. The van der Waals surface area contributed by atoms with Crippen LogP contribution in [0.15, 0.2) is 23.0 Å². The van der Waals surface area contributed by atoms with Gasteiger partial charge in [-0.2, -0.15) is 18.3 Å². The van der Waals surface area contributed by atoms with Crippen molar-refractivity contribution in [3.8, 4) is 11.4 Å². The number of anilines is 1. The minimum Gasteiger partial charge on any atom is -0.423 e. The standard InChI is InChI=1S/C21H23F3N8O2/c1-4-16-28-29-18(34-16)20-7-11(2)5-12(8-20)32(20)19(33)27-15-6-13(17-26-10-31(3)30-17)14(9-25-15)21(22,23)24/h6,9-12H,4-5,7-8H2,1-3H3,(H,25,27,33)/t11-,12-,20+/m1/s1. The topological polar surface area (TPSA) is 115 Å². The number of alkyl halides is 3. The second-order valence-electron chi connectivity index (χ2n) is 8.94. The smallest absolute Gasteiger partial charge is 0.418 e. The van der Waals surface area contributed by atoms with Crippen molar-refractivity contribution in [1.82, 2.24) is 34.8 Å². The first-order valence-corrected chi connectivity index (χ1v) is 11.0. The van der Waals surface area contributed by atoms with Crippen molar-refractivity contribution in [3.05, 3.63) is 35.9 Å². The Morgan fingerprint density at radius 1 is 1.29 bits per heavy atom. The Labute approximate surface area is 192 Å². The van der Waals surface area contributed by atoms with Crippen molar-refractivity contribution in [2.45, 2.75) is 57.3 Å².